The molecule has 0 heterocycles. The van der Waals surface area contributed by atoms with E-state index in [0.29, 0.717) is 0 Å². The third-order valence-electron chi connectivity index (χ3n) is 3.69. The highest BCUT2D eigenvalue weighted by Crippen LogP contribution is 2.35. The van der Waals surface area contributed by atoms with Crippen molar-refractivity contribution in [2.24, 2.45) is 5.73 Å². The van der Waals surface area contributed by atoms with Crippen LogP contribution in [0, 0.1) is 0 Å². The molecule has 0 aliphatic heterocycles. The van der Waals surface area contributed by atoms with Gasteiger partial charge in [0.2, 0.25) is 0 Å². The lowest BCUT2D eigenvalue weighted by atomic mass is 9.69. The Morgan fingerprint density at radius 2 is 1.88 bits per heavy atom. The molecule has 1 rings (SSSR count). The maximum atomic E-state index is 9.28. The van der Waals surface area contributed by atoms with Gasteiger partial charge in [0.1, 0.15) is 0 Å². The normalized spacial score (nSPS) is 16.8. The van der Waals surface area contributed by atoms with Gasteiger partial charge in [0, 0.05) is 18.1 Å². The Balaban J connectivity index is 3.11. The molecule has 1 aromatic rings. The summed E-state index contributed by atoms with van der Waals surface area (Å²) in [5, 5.41) is 9.28. The minimum atomic E-state index is -0.0786. The SMILES string of the molecule is CCC(N)C(CC)(CCO)c1ccccc1. The van der Waals surface area contributed by atoms with Gasteiger partial charge < -0.3 is 10.8 Å². The summed E-state index contributed by atoms with van der Waals surface area (Å²) in [7, 11) is 0. The van der Waals surface area contributed by atoms with Crippen LogP contribution in [-0.4, -0.2) is 17.8 Å². The fraction of sp³-hybridized carbons (Fsp3) is 0.571. The van der Waals surface area contributed by atoms with Crippen LogP contribution in [0.1, 0.15) is 38.7 Å². The monoisotopic (exact) mass is 221 g/mol. The summed E-state index contributed by atoms with van der Waals surface area (Å²) < 4.78 is 0. The zero-order valence-electron chi connectivity index (χ0n) is 10.3. The standard InChI is InChI=1S/C14H23NO/c1-3-13(15)14(4-2,10-11-16)12-8-6-5-7-9-12/h5-9,13,16H,3-4,10-11,15H2,1-2H3. The van der Waals surface area contributed by atoms with Gasteiger partial charge in [-0.1, -0.05) is 44.2 Å². The Kier molecular flexibility index (Phi) is 4.97. The van der Waals surface area contributed by atoms with Crippen molar-refractivity contribution in [3.63, 3.8) is 0 Å². The first-order valence-corrected chi connectivity index (χ1v) is 6.13. The Morgan fingerprint density at radius 3 is 2.31 bits per heavy atom. The lowest BCUT2D eigenvalue weighted by Gasteiger charge is -2.38. The first kappa shape index (κ1) is 13.2. The molecule has 2 atom stereocenters. The molecule has 0 spiro atoms. The van der Waals surface area contributed by atoms with E-state index in [1.165, 1.54) is 5.56 Å². The van der Waals surface area contributed by atoms with Crippen molar-refractivity contribution in [3.05, 3.63) is 35.9 Å². The van der Waals surface area contributed by atoms with Gasteiger partial charge in [-0.3, -0.25) is 0 Å². The van der Waals surface area contributed by atoms with E-state index in [2.05, 4.69) is 26.0 Å². The highest BCUT2D eigenvalue weighted by atomic mass is 16.3. The Morgan fingerprint density at radius 1 is 1.25 bits per heavy atom. The fourth-order valence-electron chi connectivity index (χ4n) is 2.55. The molecule has 0 aliphatic carbocycles. The number of nitrogens with two attached hydrogens (primary N) is 1. The second-order valence-electron chi connectivity index (χ2n) is 4.36. The average Bonchev–Trinajstić information content (AvgIpc) is 2.36. The Bertz CT molecular complexity index is 299. The molecular weight excluding hydrogens is 198 g/mol. The van der Waals surface area contributed by atoms with E-state index in [1.807, 2.05) is 18.2 Å². The number of aliphatic hydroxyl groups excluding tert-OH is 1. The zero-order valence-corrected chi connectivity index (χ0v) is 10.3. The van der Waals surface area contributed by atoms with Gasteiger partial charge >= 0.3 is 0 Å². The minimum absolute atomic E-state index is 0.0786. The largest absolute Gasteiger partial charge is 0.396 e. The van der Waals surface area contributed by atoms with Crippen LogP contribution in [0.2, 0.25) is 0 Å². The molecule has 90 valence electrons. The molecule has 1 aromatic carbocycles. The molecule has 0 aromatic heterocycles. The summed E-state index contributed by atoms with van der Waals surface area (Å²) in [4.78, 5) is 0. The van der Waals surface area contributed by atoms with E-state index in [4.69, 9.17) is 5.73 Å². The van der Waals surface area contributed by atoms with Gasteiger partial charge in [-0.25, -0.2) is 0 Å². The predicted molar refractivity (Wildman–Crippen MR) is 68.4 cm³/mol. The van der Waals surface area contributed by atoms with Crippen molar-refractivity contribution < 1.29 is 5.11 Å². The van der Waals surface area contributed by atoms with Crippen molar-refractivity contribution in [1.29, 1.82) is 0 Å². The molecule has 0 fully saturated rings. The molecule has 0 amide bonds. The number of hydrogen-bond donors (Lipinski definition) is 2. The lowest BCUT2D eigenvalue weighted by Crippen LogP contribution is -2.45. The van der Waals surface area contributed by atoms with Crippen molar-refractivity contribution in [2.45, 2.75) is 44.6 Å². The van der Waals surface area contributed by atoms with Gasteiger partial charge in [-0.15, -0.1) is 0 Å². The lowest BCUT2D eigenvalue weighted by molar-refractivity contribution is 0.206. The van der Waals surface area contributed by atoms with Gasteiger partial charge in [0.25, 0.3) is 0 Å². The summed E-state index contributed by atoms with van der Waals surface area (Å²) in [5.41, 5.74) is 7.44. The van der Waals surface area contributed by atoms with Crippen LogP contribution in [0.15, 0.2) is 30.3 Å². The van der Waals surface area contributed by atoms with E-state index in [0.717, 1.165) is 19.3 Å². The molecule has 0 radical (unpaired) electrons. The van der Waals surface area contributed by atoms with Gasteiger partial charge in [-0.2, -0.15) is 0 Å². The van der Waals surface area contributed by atoms with E-state index in [1.54, 1.807) is 0 Å². The summed E-state index contributed by atoms with van der Waals surface area (Å²) in [6, 6.07) is 10.4. The Hall–Kier alpha value is -0.860. The average molecular weight is 221 g/mol. The molecule has 3 N–H and O–H groups in total. The highest BCUT2D eigenvalue weighted by molar-refractivity contribution is 5.27. The van der Waals surface area contributed by atoms with Crippen LogP contribution in [0.25, 0.3) is 0 Å². The Labute approximate surface area is 98.5 Å². The summed E-state index contributed by atoms with van der Waals surface area (Å²) in [6.07, 6.45) is 2.64. The van der Waals surface area contributed by atoms with Gasteiger partial charge in [0.15, 0.2) is 0 Å². The maximum absolute atomic E-state index is 9.28. The quantitative estimate of drug-likeness (QED) is 0.775. The molecule has 2 unspecified atom stereocenters. The minimum Gasteiger partial charge on any atom is -0.396 e. The first-order valence-electron chi connectivity index (χ1n) is 6.13. The predicted octanol–water partition coefficient (Wildman–Crippen LogP) is 2.45. The van der Waals surface area contributed by atoms with E-state index in [-0.39, 0.29) is 18.1 Å². The van der Waals surface area contributed by atoms with Crippen LogP contribution in [-0.2, 0) is 5.41 Å². The van der Waals surface area contributed by atoms with E-state index < -0.39 is 0 Å². The number of aliphatic hydroxyl groups is 1. The molecule has 0 saturated carbocycles. The first-order chi connectivity index (χ1) is 7.71. The molecular formula is C14H23NO. The maximum Gasteiger partial charge on any atom is 0.0440 e. The molecule has 16 heavy (non-hydrogen) atoms. The summed E-state index contributed by atoms with van der Waals surface area (Å²) >= 11 is 0. The molecule has 0 saturated heterocycles. The number of hydrogen-bond acceptors (Lipinski definition) is 2. The second kappa shape index (κ2) is 6.02. The zero-order chi connectivity index (χ0) is 12.0. The van der Waals surface area contributed by atoms with Crippen LogP contribution in [0.4, 0.5) is 0 Å². The molecule has 0 bridgehead atoms. The topological polar surface area (TPSA) is 46.2 Å². The highest BCUT2D eigenvalue weighted by Gasteiger charge is 2.35. The molecule has 2 heteroatoms. The summed E-state index contributed by atoms with van der Waals surface area (Å²) in [6.45, 7) is 4.45. The van der Waals surface area contributed by atoms with Crippen LogP contribution in [0.5, 0.6) is 0 Å². The number of benzene rings is 1. The second-order valence-corrected chi connectivity index (χ2v) is 4.36. The van der Waals surface area contributed by atoms with Crippen molar-refractivity contribution in [1.82, 2.24) is 0 Å². The molecule has 0 aliphatic rings. The third-order valence-corrected chi connectivity index (χ3v) is 3.69. The molecule has 2 nitrogen and oxygen atoms in total. The van der Waals surface area contributed by atoms with E-state index in [9.17, 15) is 5.11 Å². The number of rotatable bonds is 6. The van der Waals surface area contributed by atoms with Crippen molar-refractivity contribution >= 4 is 0 Å². The van der Waals surface area contributed by atoms with Crippen molar-refractivity contribution in [2.75, 3.05) is 6.61 Å². The van der Waals surface area contributed by atoms with Gasteiger partial charge in [-0.05, 0) is 24.8 Å². The van der Waals surface area contributed by atoms with Crippen LogP contribution >= 0.6 is 0 Å². The fourth-order valence-corrected chi connectivity index (χ4v) is 2.55. The smallest absolute Gasteiger partial charge is 0.0440 e. The van der Waals surface area contributed by atoms with Crippen molar-refractivity contribution in [3.8, 4) is 0 Å². The van der Waals surface area contributed by atoms with Crippen LogP contribution < -0.4 is 5.73 Å². The van der Waals surface area contributed by atoms with Crippen LogP contribution in [0.3, 0.4) is 0 Å². The summed E-state index contributed by atoms with van der Waals surface area (Å²) in [5.74, 6) is 0. The van der Waals surface area contributed by atoms with E-state index >= 15 is 0 Å². The van der Waals surface area contributed by atoms with Gasteiger partial charge in [0.05, 0.1) is 0 Å². The third kappa shape index (κ3) is 2.45.